The zero-order valence-electron chi connectivity index (χ0n) is 19.6. The second-order valence-electron chi connectivity index (χ2n) is 7.72. The highest BCUT2D eigenvalue weighted by Gasteiger charge is 2.21. The van der Waals surface area contributed by atoms with Crippen molar-refractivity contribution in [2.45, 2.75) is 11.8 Å². The predicted molar refractivity (Wildman–Crippen MR) is 146 cm³/mol. The predicted octanol–water partition coefficient (Wildman–Crippen LogP) is 7.24. The van der Waals surface area contributed by atoms with Crippen LogP contribution in [0.2, 0.25) is 10.0 Å². The number of hydrogen-bond donors (Lipinski definition) is 2. The van der Waals surface area contributed by atoms with Gasteiger partial charge in [-0.05, 0) is 73.7 Å². The quantitative estimate of drug-likeness (QED) is 0.226. The van der Waals surface area contributed by atoms with Crippen molar-refractivity contribution in [3.63, 3.8) is 0 Å². The molecule has 0 atom stereocenters. The summed E-state index contributed by atoms with van der Waals surface area (Å²) in [6.45, 7) is 2.09. The van der Waals surface area contributed by atoms with Crippen molar-refractivity contribution in [3.05, 3.63) is 107 Å². The van der Waals surface area contributed by atoms with Gasteiger partial charge < -0.3 is 14.8 Å². The molecule has 10 heteroatoms. The van der Waals surface area contributed by atoms with Gasteiger partial charge in [0.2, 0.25) is 0 Å². The molecule has 4 rings (SSSR count). The molecule has 7 nitrogen and oxygen atoms in total. The smallest absolute Gasteiger partial charge is 0.262 e. The molecule has 0 aliphatic heterocycles. The third-order valence-electron chi connectivity index (χ3n) is 5.05. The topological polar surface area (TPSA) is 93.7 Å². The maximum Gasteiger partial charge on any atom is 0.262 e. The van der Waals surface area contributed by atoms with Crippen LogP contribution in [-0.2, 0) is 10.0 Å². The average molecular weight is 557 g/mol. The zero-order chi connectivity index (χ0) is 26.4. The number of carbonyl (C=O) groups is 1. The van der Waals surface area contributed by atoms with Crippen molar-refractivity contribution in [3.8, 4) is 17.2 Å². The minimum absolute atomic E-state index is 0.108. The molecule has 4 aromatic carbocycles. The third-order valence-corrected chi connectivity index (χ3v) is 6.89. The summed E-state index contributed by atoms with van der Waals surface area (Å²) < 4.78 is 40.7. The number of para-hydroxylation sites is 1. The minimum Gasteiger partial charge on any atom is -0.492 e. The van der Waals surface area contributed by atoms with E-state index in [-0.39, 0.29) is 22.0 Å². The molecule has 0 saturated carbocycles. The van der Waals surface area contributed by atoms with E-state index >= 15 is 0 Å². The highest BCUT2D eigenvalue weighted by Crippen LogP contribution is 2.35. The van der Waals surface area contributed by atoms with Gasteiger partial charge in [0.15, 0.2) is 5.75 Å². The third kappa shape index (κ3) is 6.74. The summed E-state index contributed by atoms with van der Waals surface area (Å²) in [5.41, 5.74) is 0.638. The molecule has 0 saturated heterocycles. The van der Waals surface area contributed by atoms with Crippen molar-refractivity contribution >= 4 is 50.5 Å². The summed E-state index contributed by atoms with van der Waals surface area (Å²) in [5, 5.41) is 3.42. The lowest BCUT2D eigenvalue weighted by Gasteiger charge is -2.16. The largest absolute Gasteiger partial charge is 0.492 e. The maximum atomic E-state index is 13.4. The molecule has 0 aliphatic rings. The molecule has 0 unspecified atom stereocenters. The minimum atomic E-state index is -4.12. The zero-order valence-corrected chi connectivity index (χ0v) is 21.9. The van der Waals surface area contributed by atoms with E-state index in [0.29, 0.717) is 33.7 Å². The van der Waals surface area contributed by atoms with Crippen LogP contribution in [0.4, 0.5) is 11.4 Å². The van der Waals surface area contributed by atoms with E-state index in [1.807, 2.05) is 6.07 Å². The monoisotopic (exact) mass is 556 g/mol. The number of halogens is 2. The molecule has 1 amide bonds. The maximum absolute atomic E-state index is 13.4. The Morgan fingerprint density at radius 3 is 2.27 bits per heavy atom. The Kier molecular flexibility index (Phi) is 8.23. The van der Waals surface area contributed by atoms with E-state index in [0.717, 1.165) is 0 Å². The first-order valence-corrected chi connectivity index (χ1v) is 13.4. The van der Waals surface area contributed by atoms with Crippen molar-refractivity contribution in [2.75, 3.05) is 16.6 Å². The lowest BCUT2D eigenvalue weighted by atomic mass is 10.2. The Balaban J connectivity index is 1.65. The van der Waals surface area contributed by atoms with Crippen LogP contribution < -0.4 is 19.5 Å². The summed E-state index contributed by atoms with van der Waals surface area (Å²) >= 11 is 12.1. The molecule has 0 aliphatic carbocycles. The van der Waals surface area contributed by atoms with Crippen LogP contribution in [0.15, 0.2) is 95.9 Å². The van der Waals surface area contributed by atoms with Gasteiger partial charge in [-0.15, -0.1) is 0 Å². The fourth-order valence-electron chi connectivity index (χ4n) is 3.37. The first-order valence-electron chi connectivity index (χ1n) is 11.1. The molecule has 190 valence electrons. The summed E-state index contributed by atoms with van der Waals surface area (Å²) in [4.78, 5) is 12.7. The van der Waals surface area contributed by atoms with Gasteiger partial charge in [0.1, 0.15) is 11.5 Å². The van der Waals surface area contributed by atoms with Gasteiger partial charge in [0.05, 0.1) is 22.9 Å². The molecule has 0 aromatic heterocycles. The molecule has 0 heterocycles. The van der Waals surface area contributed by atoms with Crippen LogP contribution in [0, 0.1) is 0 Å². The standard InChI is InChI=1S/C27H22Cl2N2O5S/c1-2-35-25-14-12-22(17-23(25)30-27(32)18-7-6-8-19(28)15-18)37(33,34)31-24-16-20(29)11-13-26(24)36-21-9-4-3-5-10-21/h3-17,31H,2H2,1H3,(H,30,32). The van der Waals surface area contributed by atoms with Crippen LogP contribution in [0.5, 0.6) is 17.2 Å². The summed E-state index contributed by atoms with van der Waals surface area (Å²) in [6, 6.07) is 24.1. The van der Waals surface area contributed by atoms with Crippen molar-refractivity contribution < 1.29 is 22.7 Å². The van der Waals surface area contributed by atoms with Crippen molar-refractivity contribution in [2.24, 2.45) is 0 Å². The van der Waals surface area contributed by atoms with Gasteiger partial charge in [0.25, 0.3) is 15.9 Å². The van der Waals surface area contributed by atoms with E-state index in [1.165, 1.54) is 30.3 Å². The number of sulfonamides is 1. The Morgan fingerprint density at radius 2 is 1.54 bits per heavy atom. The molecule has 2 N–H and O–H groups in total. The fourth-order valence-corrected chi connectivity index (χ4v) is 4.82. The molecule has 0 bridgehead atoms. The van der Waals surface area contributed by atoms with Crippen LogP contribution in [0.1, 0.15) is 17.3 Å². The average Bonchev–Trinajstić information content (AvgIpc) is 2.87. The van der Waals surface area contributed by atoms with E-state index in [1.54, 1.807) is 61.5 Å². The van der Waals surface area contributed by atoms with E-state index in [4.69, 9.17) is 32.7 Å². The lowest BCUT2D eigenvalue weighted by molar-refractivity contribution is 0.102. The number of nitrogens with one attached hydrogen (secondary N) is 2. The number of carbonyl (C=O) groups excluding carboxylic acids is 1. The first-order chi connectivity index (χ1) is 17.7. The first kappa shape index (κ1) is 26.3. The van der Waals surface area contributed by atoms with Gasteiger partial charge in [-0.25, -0.2) is 8.42 Å². The lowest BCUT2D eigenvalue weighted by Crippen LogP contribution is -2.16. The van der Waals surface area contributed by atoms with Gasteiger partial charge in [-0.1, -0.05) is 47.5 Å². The van der Waals surface area contributed by atoms with Crippen LogP contribution >= 0.6 is 23.2 Å². The Morgan fingerprint density at radius 1 is 0.811 bits per heavy atom. The Hall–Kier alpha value is -3.72. The highest BCUT2D eigenvalue weighted by molar-refractivity contribution is 7.92. The number of benzene rings is 4. The van der Waals surface area contributed by atoms with Gasteiger partial charge in [-0.2, -0.15) is 0 Å². The van der Waals surface area contributed by atoms with E-state index in [2.05, 4.69) is 10.0 Å². The number of rotatable bonds is 9. The Bertz CT molecular complexity index is 1530. The second kappa shape index (κ2) is 11.6. The van der Waals surface area contributed by atoms with E-state index in [9.17, 15) is 13.2 Å². The molecule has 0 spiro atoms. The summed E-state index contributed by atoms with van der Waals surface area (Å²) in [7, 11) is -4.12. The van der Waals surface area contributed by atoms with Gasteiger partial charge in [0, 0.05) is 15.6 Å². The molecule has 0 fully saturated rings. The van der Waals surface area contributed by atoms with Crippen molar-refractivity contribution in [1.29, 1.82) is 0 Å². The highest BCUT2D eigenvalue weighted by atomic mass is 35.5. The molecular formula is C27H22Cl2N2O5S. The van der Waals surface area contributed by atoms with Crippen molar-refractivity contribution in [1.82, 2.24) is 0 Å². The second-order valence-corrected chi connectivity index (χ2v) is 10.3. The summed E-state index contributed by atoms with van der Waals surface area (Å²) in [6.07, 6.45) is 0. The molecular weight excluding hydrogens is 535 g/mol. The van der Waals surface area contributed by atoms with Crippen LogP contribution in [-0.4, -0.2) is 20.9 Å². The van der Waals surface area contributed by atoms with Crippen LogP contribution in [0.25, 0.3) is 0 Å². The van der Waals surface area contributed by atoms with Crippen LogP contribution in [0.3, 0.4) is 0 Å². The normalized spacial score (nSPS) is 11.0. The number of anilines is 2. The Labute approximate surface area is 225 Å². The van der Waals surface area contributed by atoms with Gasteiger partial charge >= 0.3 is 0 Å². The number of amides is 1. The van der Waals surface area contributed by atoms with E-state index < -0.39 is 15.9 Å². The molecule has 0 radical (unpaired) electrons. The number of hydrogen-bond acceptors (Lipinski definition) is 5. The molecule has 4 aromatic rings. The fraction of sp³-hybridized carbons (Fsp3) is 0.0741. The molecule has 37 heavy (non-hydrogen) atoms. The van der Waals surface area contributed by atoms with Gasteiger partial charge in [-0.3, -0.25) is 9.52 Å². The SMILES string of the molecule is CCOc1ccc(S(=O)(=O)Nc2cc(Cl)ccc2Oc2ccccc2)cc1NC(=O)c1cccc(Cl)c1. The number of ether oxygens (including phenoxy) is 2. The summed E-state index contributed by atoms with van der Waals surface area (Å²) in [5.74, 6) is 0.629.